The van der Waals surface area contributed by atoms with Crippen molar-refractivity contribution in [2.45, 2.75) is 25.3 Å². The van der Waals surface area contributed by atoms with Crippen LogP contribution in [0.3, 0.4) is 0 Å². The molecule has 0 saturated carbocycles. The topological polar surface area (TPSA) is 86.8 Å². The van der Waals surface area contributed by atoms with Gasteiger partial charge in [0.25, 0.3) is 5.91 Å². The van der Waals surface area contributed by atoms with Crippen LogP contribution in [-0.4, -0.2) is 50.1 Å². The minimum atomic E-state index is -0.317. The molecule has 7 nitrogen and oxygen atoms in total. The van der Waals surface area contributed by atoms with Crippen LogP contribution in [0.2, 0.25) is 0 Å². The third-order valence-corrected chi connectivity index (χ3v) is 5.41. The molecular formula is C20H20BrFN6O. The lowest BCUT2D eigenvalue weighted by Gasteiger charge is -2.35. The van der Waals surface area contributed by atoms with Crippen molar-refractivity contribution < 1.29 is 9.18 Å². The van der Waals surface area contributed by atoms with Crippen LogP contribution in [0.25, 0.3) is 11.1 Å². The molecule has 9 heteroatoms. The maximum absolute atomic E-state index is 13.3. The molecule has 3 heterocycles. The first-order valence-corrected chi connectivity index (χ1v) is 10.2. The van der Waals surface area contributed by atoms with Gasteiger partial charge in [0.2, 0.25) is 5.95 Å². The highest BCUT2D eigenvalue weighted by molar-refractivity contribution is 9.10. The number of aromatic nitrogens is 4. The molecule has 1 aromatic carbocycles. The minimum absolute atomic E-state index is 0.0151. The summed E-state index contributed by atoms with van der Waals surface area (Å²) in [7, 11) is 0. The fraction of sp³-hybridized carbons (Fsp3) is 0.300. The Labute approximate surface area is 175 Å². The largest absolute Gasteiger partial charge is 0.352 e. The van der Waals surface area contributed by atoms with Crippen LogP contribution < -0.4 is 5.32 Å². The summed E-state index contributed by atoms with van der Waals surface area (Å²) in [6.45, 7) is 1.23. The number of H-pyrrole nitrogens is 1. The second kappa shape index (κ2) is 8.69. The molecule has 2 aromatic heterocycles. The van der Waals surface area contributed by atoms with E-state index >= 15 is 0 Å². The van der Waals surface area contributed by atoms with Gasteiger partial charge < -0.3 is 10.2 Å². The highest BCUT2D eigenvalue weighted by Gasteiger charge is 2.30. The van der Waals surface area contributed by atoms with Crippen LogP contribution >= 0.6 is 15.9 Å². The van der Waals surface area contributed by atoms with E-state index in [9.17, 15) is 9.18 Å². The van der Waals surface area contributed by atoms with Gasteiger partial charge in [0, 0.05) is 43.3 Å². The molecule has 1 atom stereocenters. The third-order valence-electron chi connectivity index (χ3n) is 5.00. The Morgan fingerprint density at radius 1 is 1.24 bits per heavy atom. The number of hydrogen-bond acceptors (Lipinski definition) is 5. The molecule has 1 aliphatic heterocycles. The van der Waals surface area contributed by atoms with Gasteiger partial charge in [-0.25, -0.2) is 14.4 Å². The number of piperidine rings is 1. The Hall–Kier alpha value is -2.81. The van der Waals surface area contributed by atoms with E-state index in [0.29, 0.717) is 30.3 Å². The monoisotopic (exact) mass is 458 g/mol. The quantitative estimate of drug-likeness (QED) is 0.605. The highest BCUT2D eigenvalue weighted by Crippen LogP contribution is 2.26. The first-order chi connectivity index (χ1) is 14.1. The molecule has 1 fully saturated rings. The van der Waals surface area contributed by atoms with Gasteiger partial charge in [-0.15, -0.1) is 0 Å². The van der Waals surface area contributed by atoms with E-state index in [1.807, 2.05) is 4.90 Å². The maximum Gasteiger partial charge on any atom is 0.275 e. The van der Waals surface area contributed by atoms with Gasteiger partial charge in [-0.3, -0.25) is 9.89 Å². The number of nitrogens with zero attached hydrogens (tertiary/aromatic N) is 4. The Bertz CT molecular complexity index is 975. The Morgan fingerprint density at radius 3 is 2.76 bits per heavy atom. The fourth-order valence-electron chi connectivity index (χ4n) is 3.53. The van der Waals surface area contributed by atoms with Crippen molar-refractivity contribution in [2.75, 3.05) is 18.4 Å². The molecule has 0 radical (unpaired) electrons. The van der Waals surface area contributed by atoms with Crippen molar-refractivity contribution in [1.82, 2.24) is 25.1 Å². The molecule has 0 aliphatic carbocycles. The second-order valence-corrected chi connectivity index (χ2v) is 7.82. The van der Waals surface area contributed by atoms with Crippen LogP contribution in [0.5, 0.6) is 0 Å². The number of aromatic amines is 1. The van der Waals surface area contributed by atoms with Gasteiger partial charge in [-0.05, 0) is 52.9 Å². The predicted molar refractivity (Wildman–Crippen MR) is 111 cm³/mol. The summed E-state index contributed by atoms with van der Waals surface area (Å²) < 4.78 is 14.1. The van der Waals surface area contributed by atoms with Crippen molar-refractivity contribution in [2.24, 2.45) is 0 Å². The van der Waals surface area contributed by atoms with Crippen molar-refractivity contribution in [3.8, 4) is 11.1 Å². The standard InChI is InChI=1S/C20H20BrFN6O/c21-14-9-23-20(24-10-14)25-11-16-3-1-2-8-28(16)19(29)18-17(12-26-27-18)13-4-6-15(22)7-5-13/h4-7,9-10,12,16H,1-3,8,11H2,(H,26,27)(H,23,24,25). The van der Waals surface area contributed by atoms with Crippen LogP contribution in [0.15, 0.2) is 47.3 Å². The van der Waals surface area contributed by atoms with E-state index < -0.39 is 0 Å². The average molecular weight is 459 g/mol. The van der Waals surface area contributed by atoms with E-state index in [-0.39, 0.29) is 17.8 Å². The van der Waals surface area contributed by atoms with Gasteiger partial charge in [-0.1, -0.05) is 12.1 Å². The van der Waals surface area contributed by atoms with Gasteiger partial charge >= 0.3 is 0 Å². The number of nitrogens with one attached hydrogen (secondary N) is 2. The molecule has 1 unspecified atom stereocenters. The number of likely N-dealkylation sites (tertiary alicyclic amines) is 1. The zero-order valence-electron chi connectivity index (χ0n) is 15.6. The Kier molecular flexibility index (Phi) is 5.84. The summed E-state index contributed by atoms with van der Waals surface area (Å²) in [5, 5.41) is 10.2. The van der Waals surface area contributed by atoms with E-state index in [1.165, 1.54) is 12.1 Å². The normalized spacial score (nSPS) is 16.6. The number of amides is 1. The molecular weight excluding hydrogens is 439 g/mol. The first kappa shape index (κ1) is 19.5. The van der Waals surface area contributed by atoms with E-state index in [1.54, 1.807) is 30.7 Å². The molecule has 2 N–H and O–H groups in total. The van der Waals surface area contributed by atoms with Gasteiger partial charge in [-0.2, -0.15) is 5.10 Å². The van der Waals surface area contributed by atoms with Crippen LogP contribution in [0.1, 0.15) is 29.8 Å². The lowest BCUT2D eigenvalue weighted by molar-refractivity contribution is 0.0623. The lowest BCUT2D eigenvalue weighted by atomic mass is 10.00. The van der Waals surface area contributed by atoms with Crippen LogP contribution in [-0.2, 0) is 0 Å². The Morgan fingerprint density at radius 2 is 2.00 bits per heavy atom. The first-order valence-electron chi connectivity index (χ1n) is 9.44. The van der Waals surface area contributed by atoms with Gasteiger partial charge in [0.05, 0.1) is 4.47 Å². The molecule has 29 heavy (non-hydrogen) atoms. The summed E-state index contributed by atoms with van der Waals surface area (Å²) in [5.74, 6) is 0.0780. The number of benzene rings is 1. The number of anilines is 1. The molecule has 0 bridgehead atoms. The summed E-state index contributed by atoms with van der Waals surface area (Å²) in [4.78, 5) is 23.6. The number of rotatable bonds is 5. The zero-order chi connectivity index (χ0) is 20.2. The molecule has 3 aromatic rings. The molecule has 0 spiro atoms. The van der Waals surface area contributed by atoms with Crippen molar-refractivity contribution in [1.29, 1.82) is 0 Å². The number of hydrogen-bond donors (Lipinski definition) is 2. The molecule has 1 saturated heterocycles. The average Bonchev–Trinajstić information content (AvgIpc) is 3.23. The fourth-order valence-corrected chi connectivity index (χ4v) is 3.74. The highest BCUT2D eigenvalue weighted by atomic mass is 79.9. The van der Waals surface area contributed by atoms with E-state index in [2.05, 4.69) is 41.4 Å². The summed E-state index contributed by atoms with van der Waals surface area (Å²) >= 11 is 3.32. The maximum atomic E-state index is 13.3. The lowest BCUT2D eigenvalue weighted by Crippen LogP contribution is -2.47. The molecule has 4 rings (SSSR count). The SMILES string of the molecule is O=C(c1n[nH]cc1-c1ccc(F)cc1)N1CCCCC1CNc1ncc(Br)cn1. The number of carbonyl (C=O) groups excluding carboxylic acids is 1. The second-order valence-electron chi connectivity index (χ2n) is 6.91. The summed E-state index contributed by atoms with van der Waals surface area (Å²) in [6, 6.07) is 6.07. The summed E-state index contributed by atoms with van der Waals surface area (Å²) in [6.07, 6.45) is 7.94. The van der Waals surface area contributed by atoms with E-state index in [0.717, 1.165) is 29.3 Å². The zero-order valence-corrected chi connectivity index (χ0v) is 17.2. The third kappa shape index (κ3) is 4.45. The van der Waals surface area contributed by atoms with Gasteiger partial charge in [0.1, 0.15) is 5.82 Å². The van der Waals surface area contributed by atoms with Crippen molar-refractivity contribution >= 4 is 27.8 Å². The molecule has 1 amide bonds. The summed E-state index contributed by atoms with van der Waals surface area (Å²) in [5.41, 5.74) is 1.77. The van der Waals surface area contributed by atoms with Crippen LogP contribution in [0, 0.1) is 5.82 Å². The van der Waals surface area contributed by atoms with Gasteiger partial charge in [0.15, 0.2) is 5.69 Å². The number of carbonyl (C=O) groups is 1. The van der Waals surface area contributed by atoms with Crippen molar-refractivity contribution in [3.63, 3.8) is 0 Å². The minimum Gasteiger partial charge on any atom is -0.352 e. The smallest absolute Gasteiger partial charge is 0.275 e. The van der Waals surface area contributed by atoms with Crippen LogP contribution in [0.4, 0.5) is 10.3 Å². The predicted octanol–water partition coefficient (Wildman–Crippen LogP) is 3.88. The van der Waals surface area contributed by atoms with E-state index in [4.69, 9.17) is 0 Å². The molecule has 150 valence electrons. The number of halogens is 2. The molecule has 1 aliphatic rings. The Balaban J connectivity index is 1.51. The van der Waals surface area contributed by atoms with Crippen molar-refractivity contribution in [3.05, 3.63) is 58.8 Å².